The van der Waals surface area contributed by atoms with Gasteiger partial charge in [0.1, 0.15) is 0 Å². The van der Waals surface area contributed by atoms with Crippen LogP contribution in [0.1, 0.15) is 0 Å². The minimum absolute atomic E-state index is 0.0832. The van der Waals surface area contributed by atoms with Crippen LogP contribution in [0.15, 0.2) is 18.2 Å². The van der Waals surface area contributed by atoms with E-state index in [1.165, 1.54) is 0 Å². The van der Waals surface area contributed by atoms with Gasteiger partial charge < -0.3 is 0 Å². The molecule has 6 nitrogen and oxygen atoms in total. The maximum atomic E-state index is 13.5. The summed E-state index contributed by atoms with van der Waals surface area (Å²) in [6, 6.07) is 2.82. The summed E-state index contributed by atoms with van der Waals surface area (Å²) in [5.41, 5.74) is -0.600. The van der Waals surface area contributed by atoms with Crippen molar-refractivity contribution in [3.8, 4) is 0 Å². The molecule has 0 aliphatic heterocycles. The number of halogens is 9. The van der Waals surface area contributed by atoms with Crippen LogP contribution in [-0.2, 0) is 4.79 Å². The minimum Gasteiger partial charge on any atom is -0.296 e. The zero-order valence-corrected chi connectivity index (χ0v) is 13.5. The van der Waals surface area contributed by atoms with Crippen molar-refractivity contribution in [1.82, 2.24) is 4.98 Å². The molecule has 0 aliphatic carbocycles. The molecule has 1 N–H and O–H groups in total. The number of fused-ring (bicyclic) bond motifs is 1. The van der Waals surface area contributed by atoms with E-state index in [9.17, 15) is 54.4 Å². The Labute approximate surface area is 151 Å². The number of nitrogens with zero attached hydrogens (tertiary/aromatic N) is 2. The van der Waals surface area contributed by atoms with E-state index in [-0.39, 0.29) is 21.6 Å². The molecule has 0 spiro atoms. The molecule has 0 atom stereocenters. The Morgan fingerprint density at radius 2 is 1.61 bits per heavy atom. The van der Waals surface area contributed by atoms with Gasteiger partial charge >= 0.3 is 29.9 Å². The van der Waals surface area contributed by atoms with Gasteiger partial charge in [-0.05, 0) is 6.07 Å². The monoisotopic (exact) mass is 441 g/mol. The van der Waals surface area contributed by atoms with Crippen molar-refractivity contribution in [2.45, 2.75) is 23.9 Å². The number of anilines is 1. The van der Waals surface area contributed by atoms with E-state index in [0.717, 1.165) is 23.5 Å². The molecule has 0 aliphatic rings. The summed E-state index contributed by atoms with van der Waals surface area (Å²) in [6.45, 7) is 0. The zero-order chi connectivity index (χ0) is 21.7. The Bertz CT molecular complexity index is 941. The Balaban J connectivity index is 2.35. The number of nitro groups is 1. The molecule has 16 heteroatoms. The summed E-state index contributed by atoms with van der Waals surface area (Å²) >= 11 is 0.262. The lowest BCUT2D eigenvalue weighted by Gasteiger charge is -2.32. The zero-order valence-electron chi connectivity index (χ0n) is 12.7. The molecule has 1 heterocycles. The molecule has 0 bridgehead atoms. The van der Waals surface area contributed by atoms with Gasteiger partial charge in [-0.2, -0.15) is 39.5 Å². The first-order chi connectivity index (χ1) is 12.5. The van der Waals surface area contributed by atoms with E-state index >= 15 is 0 Å². The summed E-state index contributed by atoms with van der Waals surface area (Å²) in [5.74, 6) is -24.0. The van der Waals surface area contributed by atoms with Crippen molar-refractivity contribution in [2.24, 2.45) is 0 Å². The van der Waals surface area contributed by atoms with Gasteiger partial charge in [0.2, 0.25) is 0 Å². The molecule has 0 radical (unpaired) electrons. The molecule has 1 amide bonds. The number of rotatable bonds is 5. The molecular formula is C12H4F9N3O3S. The fourth-order valence-corrected chi connectivity index (χ4v) is 2.67. The van der Waals surface area contributed by atoms with E-state index in [1.807, 2.05) is 0 Å². The van der Waals surface area contributed by atoms with E-state index in [1.54, 1.807) is 0 Å². The molecule has 0 fully saturated rings. The van der Waals surface area contributed by atoms with Crippen LogP contribution in [0.3, 0.4) is 0 Å². The molecule has 0 saturated heterocycles. The number of benzene rings is 1. The highest BCUT2D eigenvalue weighted by atomic mass is 32.1. The van der Waals surface area contributed by atoms with Crippen molar-refractivity contribution in [1.29, 1.82) is 0 Å². The summed E-state index contributed by atoms with van der Waals surface area (Å²) in [7, 11) is 0. The lowest BCUT2D eigenvalue weighted by molar-refractivity contribution is -0.388. The van der Waals surface area contributed by atoms with Crippen molar-refractivity contribution in [3.05, 3.63) is 28.3 Å². The number of aromatic nitrogens is 1. The lowest BCUT2D eigenvalue weighted by atomic mass is 10.0. The normalized spacial score (nSPS) is 13.6. The Hall–Kier alpha value is -2.65. The van der Waals surface area contributed by atoms with Gasteiger partial charge in [0.25, 0.3) is 5.69 Å². The summed E-state index contributed by atoms with van der Waals surface area (Å²) in [6.07, 6.45) is -7.06. The molecule has 1 aromatic heterocycles. The average Bonchev–Trinajstić information content (AvgIpc) is 2.94. The van der Waals surface area contributed by atoms with Gasteiger partial charge in [-0.1, -0.05) is 11.3 Å². The number of nitro benzene ring substituents is 1. The Kier molecular flexibility index (Phi) is 4.99. The van der Waals surface area contributed by atoms with Crippen LogP contribution >= 0.6 is 11.3 Å². The first-order valence-electron chi connectivity index (χ1n) is 6.59. The Morgan fingerprint density at radius 1 is 1.04 bits per heavy atom. The molecule has 0 saturated carbocycles. The molecular weight excluding hydrogens is 437 g/mol. The third kappa shape index (κ3) is 3.31. The highest BCUT2D eigenvalue weighted by Crippen LogP contribution is 2.53. The van der Waals surface area contributed by atoms with E-state index in [4.69, 9.17) is 0 Å². The van der Waals surface area contributed by atoms with Crippen molar-refractivity contribution in [2.75, 3.05) is 5.32 Å². The highest BCUT2D eigenvalue weighted by molar-refractivity contribution is 7.22. The number of carbonyl (C=O) groups is 1. The largest absolute Gasteiger partial charge is 0.460 e. The Morgan fingerprint density at radius 3 is 2.11 bits per heavy atom. The second-order valence-corrected chi connectivity index (χ2v) is 6.13. The van der Waals surface area contributed by atoms with Crippen molar-refractivity contribution in [3.63, 3.8) is 0 Å². The number of hydrogen-bond acceptors (Lipinski definition) is 5. The second kappa shape index (κ2) is 6.46. The van der Waals surface area contributed by atoms with Crippen molar-refractivity contribution < 1.29 is 49.2 Å². The molecule has 1 aromatic carbocycles. The van der Waals surface area contributed by atoms with Gasteiger partial charge in [0.15, 0.2) is 5.13 Å². The summed E-state index contributed by atoms with van der Waals surface area (Å²) < 4.78 is 115. The van der Waals surface area contributed by atoms with Gasteiger partial charge in [-0.15, -0.1) is 0 Å². The summed E-state index contributed by atoms with van der Waals surface area (Å²) in [4.78, 5) is 24.5. The number of non-ortho nitro benzene ring substituents is 1. The summed E-state index contributed by atoms with van der Waals surface area (Å²) in [5, 5.41) is 10.8. The van der Waals surface area contributed by atoms with E-state index in [0.29, 0.717) is 0 Å². The van der Waals surface area contributed by atoms with Gasteiger partial charge in [0, 0.05) is 12.1 Å². The third-order valence-corrected chi connectivity index (χ3v) is 4.17. The molecule has 2 aromatic rings. The number of nitrogens with one attached hydrogen (secondary N) is 1. The number of alkyl halides is 9. The number of amides is 1. The molecule has 2 rings (SSSR count). The van der Waals surface area contributed by atoms with Crippen LogP contribution < -0.4 is 5.32 Å². The predicted octanol–water partition coefficient (Wildman–Crippen LogP) is 4.61. The van der Waals surface area contributed by atoms with Crippen LogP contribution in [0.2, 0.25) is 0 Å². The maximum absolute atomic E-state index is 13.5. The van der Waals surface area contributed by atoms with Gasteiger partial charge in [-0.25, -0.2) is 4.98 Å². The molecule has 28 heavy (non-hydrogen) atoms. The van der Waals surface area contributed by atoms with Crippen LogP contribution in [0.5, 0.6) is 0 Å². The molecule has 154 valence electrons. The van der Waals surface area contributed by atoms with Crippen molar-refractivity contribution >= 4 is 38.3 Å². The van der Waals surface area contributed by atoms with E-state index < -0.39 is 45.6 Å². The molecule has 0 unspecified atom stereocenters. The van der Waals surface area contributed by atoms with Crippen LogP contribution in [0.25, 0.3) is 10.2 Å². The maximum Gasteiger partial charge on any atom is 0.460 e. The topological polar surface area (TPSA) is 85.1 Å². The van der Waals surface area contributed by atoms with Crippen LogP contribution in [0.4, 0.5) is 50.3 Å². The number of thiazole rings is 1. The third-order valence-electron chi connectivity index (χ3n) is 3.23. The lowest BCUT2D eigenvalue weighted by Crippen LogP contribution is -2.64. The first kappa shape index (κ1) is 21.6. The fraction of sp³-hybridized carbons (Fsp3) is 0.333. The number of hydrogen-bond donors (Lipinski definition) is 1. The highest BCUT2D eigenvalue weighted by Gasteiger charge is 2.83. The van der Waals surface area contributed by atoms with E-state index in [2.05, 4.69) is 4.98 Å². The standard InChI is InChI=1S/C12H4F9N3O3S/c13-9(14,10(15,16)11(17,18)12(19,20)21)7(25)23-8-22-5-2-1-4(24(26)27)3-6(5)28-8/h1-3H,(H,22,23,25). The predicted molar refractivity (Wildman–Crippen MR) is 75.8 cm³/mol. The fourth-order valence-electron chi connectivity index (χ4n) is 1.77. The smallest absolute Gasteiger partial charge is 0.296 e. The SMILES string of the molecule is O=C(Nc1nc2ccc([N+](=O)[O-])cc2s1)C(F)(F)C(F)(F)C(F)(F)C(F)(F)F. The van der Waals surface area contributed by atoms with Gasteiger partial charge in [0.05, 0.1) is 15.1 Å². The second-order valence-electron chi connectivity index (χ2n) is 5.10. The number of carbonyl (C=O) groups excluding carboxylic acids is 1. The quantitative estimate of drug-likeness (QED) is 0.417. The minimum atomic E-state index is -7.21. The first-order valence-corrected chi connectivity index (χ1v) is 7.40. The average molecular weight is 441 g/mol. The van der Waals surface area contributed by atoms with Gasteiger partial charge in [-0.3, -0.25) is 20.2 Å². The van der Waals surface area contributed by atoms with Crippen LogP contribution in [-0.4, -0.2) is 39.8 Å². The van der Waals surface area contributed by atoms with Crippen LogP contribution in [0, 0.1) is 10.1 Å².